The molecule has 1 N–H and O–H groups in total. The van der Waals surface area contributed by atoms with Crippen molar-refractivity contribution in [3.63, 3.8) is 0 Å². The van der Waals surface area contributed by atoms with Crippen LogP contribution in [0.15, 0.2) is 31.1 Å². The van der Waals surface area contributed by atoms with Gasteiger partial charge in [-0.3, -0.25) is 0 Å². The molecule has 0 atom stereocenters. The third-order valence-electron chi connectivity index (χ3n) is 4.72. The first-order valence-electron chi connectivity index (χ1n) is 7.78. The second kappa shape index (κ2) is 5.55. The summed E-state index contributed by atoms with van der Waals surface area (Å²) in [4.78, 5) is 29.1. The topological polar surface area (TPSA) is 84.1 Å². The van der Waals surface area contributed by atoms with Crippen molar-refractivity contribution in [3.8, 4) is 0 Å². The zero-order chi connectivity index (χ0) is 16.7. The van der Waals surface area contributed by atoms with Crippen LogP contribution >= 0.6 is 11.3 Å². The van der Waals surface area contributed by atoms with Gasteiger partial charge < -0.3 is 14.6 Å². The summed E-state index contributed by atoms with van der Waals surface area (Å²) in [6, 6.07) is 2.10. The van der Waals surface area contributed by atoms with Gasteiger partial charge in [0.25, 0.3) is 0 Å². The highest BCUT2D eigenvalue weighted by Gasteiger charge is 2.43. The Labute approximate surface area is 142 Å². The molecule has 0 amide bonds. The molecule has 0 saturated carbocycles. The number of nitrogens with zero attached hydrogens (tertiary/aromatic N) is 5. The number of hydrogen-bond acceptors (Lipinski definition) is 6. The van der Waals surface area contributed by atoms with Crippen molar-refractivity contribution in [2.24, 2.45) is 0 Å². The number of piperidine rings is 1. The minimum atomic E-state index is -0.927. The summed E-state index contributed by atoms with van der Waals surface area (Å²) in [7, 11) is 0. The standard InChI is InChI=1S/C16H17N5O2S/c1-11-8-12-13(18-9-19-14(12)24-11)20-5-2-16(3-6-20,15(22)23)21-7-4-17-10-21/h4,7-10H,2-3,5-6H2,1H3,(H,22,23). The van der Waals surface area contributed by atoms with Crippen LogP contribution in [0.3, 0.4) is 0 Å². The highest BCUT2D eigenvalue weighted by atomic mass is 32.1. The van der Waals surface area contributed by atoms with Gasteiger partial charge in [-0.15, -0.1) is 11.3 Å². The van der Waals surface area contributed by atoms with Crippen molar-refractivity contribution in [1.82, 2.24) is 19.5 Å². The molecule has 0 aliphatic carbocycles. The third-order valence-corrected chi connectivity index (χ3v) is 5.68. The normalized spacial score (nSPS) is 17.3. The van der Waals surface area contributed by atoms with Gasteiger partial charge in [0.1, 0.15) is 22.5 Å². The maximum absolute atomic E-state index is 11.9. The SMILES string of the molecule is Cc1cc2c(N3CCC(C(=O)O)(n4ccnc4)CC3)ncnc2s1. The minimum Gasteiger partial charge on any atom is -0.479 e. The number of anilines is 1. The Balaban J connectivity index is 1.64. The van der Waals surface area contributed by atoms with Crippen molar-refractivity contribution in [2.45, 2.75) is 25.3 Å². The summed E-state index contributed by atoms with van der Waals surface area (Å²) < 4.78 is 1.72. The van der Waals surface area contributed by atoms with Crippen molar-refractivity contribution in [2.75, 3.05) is 18.0 Å². The Morgan fingerprint density at radius 2 is 2.12 bits per heavy atom. The smallest absolute Gasteiger partial charge is 0.330 e. The number of carboxylic acids is 1. The first kappa shape index (κ1) is 15.1. The summed E-state index contributed by atoms with van der Waals surface area (Å²) in [5.41, 5.74) is -0.927. The predicted molar refractivity (Wildman–Crippen MR) is 91.4 cm³/mol. The number of carboxylic acid groups (broad SMARTS) is 1. The monoisotopic (exact) mass is 343 g/mol. The fourth-order valence-corrected chi connectivity index (χ4v) is 4.24. The first-order chi connectivity index (χ1) is 11.6. The average molecular weight is 343 g/mol. The molecular weight excluding hydrogens is 326 g/mol. The Kier molecular flexibility index (Phi) is 3.49. The van der Waals surface area contributed by atoms with Crippen LogP contribution in [-0.4, -0.2) is 43.7 Å². The van der Waals surface area contributed by atoms with Crippen LogP contribution in [-0.2, 0) is 10.3 Å². The van der Waals surface area contributed by atoms with Crippen molar-refractivity contribution in [3.05, 3.63) is 36.0 Å². The van der Waals surface area contributed by atoms with Crippen LogP contribution < -0.4 is 4.90 Å². The lowest BCUT2D eigenvalue weighted by atomic mass is 9.87. The van der Waals surface area contributed by atoms with E-state index in [9.17, 15) is 9.90 Å². The number of thiophene rings is 1. The zero-order valence-corrected chi connectivity index (χ0v) is 14.0. The van der Waals surface area contributed by atoms with E-state index >= 15 is 0 Å². The molecule has 1 saturated heterocycles. The fraction of sp³-hybridized carbons (Fsp3) is 0.375. The molecule has 3 aromatic heterocycles. The maximum atomic E-state index is 11.9. The highest BCUT2D eigenvalue weighted by molar-refractivity contribution is 7.18. The van der Waals surface area contributed by atoms with Gasteiger partial charge in [-0.1, -0.05) is 0 Å². The number of carbonyl (C=O) groups is 1. The summed E-state index contributed by atoms with van der Waals surface area (Å²) in [5.74, 6) is 0.0910. The summed E-state index contributed by atoms with van der Waals surface area (Å²) in [6.45, 7) is 3.32. The quantitative estimate of drug-likeness (QED) is 0.785. The van der Waals surface area contributed by atoms with Crippen LogP contribution in [0, 0.1) is 6.92 Å². The van der Waals surface area contributed by atoms with E-state index in [1.807, 2.05) is 0 Å². The molecule has 4 rings (SSSR count). The maximum Gasteiger partial charge on any atom is 0.330 e. The Hall–Kier alpha value is -2.48. The second-order valence-electron chi connectivity index (χ2n) is 6.07. The number of imidazole rings is 1. The van der Waals surface area contributed by atoms with E-state index in [-0.39, 0.29) is 0 Å². The number of aliphatic carboxylic acids is 1. The Morgan fingerprint density at radius 3 is 2.79 bits per heavy atom. The van der Waals surface area contributed by atoms with Gasteiger partial charge in [0.2, 0.25) is 0 Å². The molecule has 0 spiro atoms. The molecular formula is C16H17N5O2S. The number of hydrogen-bond donors (Lipinski definition) is 1. The van der Waals surface area contributed by atoms with Crippen LogP contribution in [0.25, 0.3) is 10.2 Å². The molecule has 4 heterocycles. The number of aromatic nitrogens is 4. The van der Waals surface area contributed by atoms with Gasteiger partial charge in [0.15, 0.2) is 0 Å². The lowest BCUT2D eigenvalue weighted by molar-refractivity contribution is -0.148. The summed E-state index contributed by atoms with van der Waals surface area (Å²) >= 11 is 1.65. The van der Waals surface area contributed by atoms with Gasteiger partial charge in [0.05, 0.1) is 11.7 Å². The summed E-state index contributed by atoms with van der Waals surface area (Å²) in [6.07, 6.45) is 7.55. The van der Waals surface area contributed by atoms with Crippen molar-refractivity contribution < 1.29 is 9.90 Å². The molecule has 3 aromatic rings. The molecule has 24 heavy (non-hydrogen) atoms. The molecule has 124 valence electrons. The van der Waals surface area contributed by atoms with Gasteiger partial charge in [-0.05, 0) is 25.8 Å². The molecule has 1 aliphatic rings. The van der Waals surface area contributed by atoms with Crippen LogP contribution in [0.4, 0.5) is 5.82 Å². The zero-order valence-electron chi connectivity index (χ0n) is 13.2. The molecule has 1 fully saturated rings. The van der Waals surface area contributed by atoms with E-state index in [4.69, 9.17) is 0 Å². The van der Waals surface area contributed by atoms with Crippen LogP contribution in [0.5, 0.6) is 0 Å². The molecule has 0 unspecified atom stereocenters. The Bertz CT molecular complexity index is 881. The molecule has 7 nitrogen and oxygen atoms in total. The number of fused-ring (bicyclic) bond motifs is 1. The van der Waals surface area contributed by atoms with Gasteiger partial charge >= 0.3 is 5.97 Å². The number of aryl methyl sites for hydroxylation is 1. The largest absolute Gasteiger partial charge is 0.479 e. The molecule has 8 heteroatoms. The molecule has 0 bridgehead atoms. The third kappa shape index (κ3) is 2.25. The average Bonchev–Trinajstić information content (AvgIpc) is 3.23. The van der Waals surface area contributed by atoms with Crippen LogP contribution in [0.2, 0.25) is 0 Å². The van der Waals surface area contributed by atoms with E-state index < -0.39 is 11.5 Å². The fourth-order valence-electron chi connectivity index (χ4n) is 3.40. The Morgan fingerprint density at radius 1 is 1.33 bits per heavy atom. The van der Waals surface area contributed by atoms with Gasteiger partial charge in [-0.25, -0.2) is 19.7 Å². The molecule has 0 radical (unpaired) electrons. The predicted octanol–water partition coefficient (Wildman–Crippen LogP) is 2.28. The minimum absolute atomic E-state index is 0.507. The highest BCUT2D eigenvalue weighted by Crippen LogP contribution is 2.35. The van der Waals surface area contributed by atoms with Crippen molar-refractivity contribution >= 4 is 33.3 Å². The summed E-state index contributed by atoms with van der Waals surface area (Å²) in [5, 5.41) is 10.8. The van der Waals surface area contributed by atoms with E-state index in [0.29, 0.717) is 25.9 Å². The van der Waals surface area contributed by atoms with Gasteiger partial charge in [0, 0.05) is 30.4 Å². The molecule has 0 aromatic carbocycles. The number of rotatable bonds is 3. The van der Waals surface area contributed by atoms with Crippen LogP contribution in [0.1, 0.15) is 17.7 Å². The van der Waals surface area contributed by atoms with E-state index in [2.05, 4.69) is 32.8 Å². The first-order valence-corrected chi connectivity index (χ1v) is 8.60. The van der Waals surface area contributed by atoms with E-state index in [1.165, 1.54) is 4.88 Å². The lowest BCUT2D eigenvalue weighted by Gasteiger charge is -2.40. The molecule has 1 aliphatic heterocycles. The van der Waals surface area contributed by atoms with Gasteiger partial charge in [-0.2, -0.15) is 0 Å². The van der Waals surface area contributed by atoms with Crippen molar-refractivity contribution in [1.29, 1.82) is 0 Å². The lowest BCUT2D eigenvalue weighted by Crippen LogP contribution is -2.51. The van der Waals surface area contributed by atoms with E-state index in [1.54, 1.807) is 41.0 Å². The van der Waals surface area contributed by atoms with E-state index in [0.717, 1.165) is 16.0 Å². The second-order valence-corrected chi connectivity index (χ2v) is 7.30.